The molecule has 2 bridgehead atoms. The molecule has 0 unspecified atom stereocenters. The van der Waals surface area contributed by atoms with Crippen molar-refractivity contribution in [1.82, 2.24) is 0 Å². The number of hydrogen-bond acceptors (Lipinski definition) is 7. The van der Waals surface area contributed by atoms with Gasteiger partial charge in [0, 0.05) is 12.0 Å². The summed E-state index contributed by atoms with van der Waals surface area (Å²) in [6.45, 7) is 4.07. The molecule has 3 fully saturated rings. The third kappa shape index (κ3) is 1.75. The summed E-state index contributed by atoms with van der Waals surface area (Å²) in [5.74, 6) is -1.18. The number of ether oxygens (including phenoxy) is 4. The topological polar surface area (TPSA) is 84.2 Å². The van der Waals surface area contributed by atoms with Gasteiger partial charge in [0.25, 0.3) is 0 Å². The highest BCUT2D eigenvalue weighted by Crippen LogP contribution is 2.71. The molecule has 7 heteroatoms. The van der Waals surface area contributed by atoms with Crippen molar-refractivity contribution in [3.05, 3.63) is 36.0 Å². The second kappa shape index (κ2) is 5.02. The summed E-state index contributed by atoms with van der Waals surface area (Å²) >= 11 is 0. The maximum absolute atomic E-state index is 12.9. The molecule has 5 rings (SSSR count). The minimum atomic E-state index is -1.05. The molecule has 0 aromatic carbocycles. The van der Waals surface area contributed by atoms with Gasteiger partial charge in [-0.05, 0) is 38.3 Å². The van der Waals surface area contributed by atoms with Gasteiger partial charge in [0.1, 0.15) is 16.8 Å². The zero-order valence-electron chi connectivity index (χ0n) is 15.6. The largest absolute Gasteiger partial charge is 0.472 e. The van der Waals surface area contributed by atoms with E-state index in [0.29, 0.717) is 18.6 Å². The molecule has 1 aromatic rings. The Morgan fingerprint density at radius 1 is 1.33 bits per heavy atom. The Hall–Kier alpha value is -2.12. The van der Waals surface area contributed by atoms with Crippen molar-refractivity contribution in [3.8, 4) is 0 Å². The quantitative estimate of drug-likeness (QED) is 0.736. The monoisotopic (exact) mass is 374 g/mol. The lowest BCUT2D eigenvalue weighted by Crippen LogP contribution is -2.71. The number of allylic oxidation sites excluding steroid dienone is 1. The highest BCUT2D eigenvalue weighted by molar-refractivity contribution is 5.80. The molecule has 7 nitrogen and oxygen atoms in total. The van der Waals surface area contributed by atoms with Gasteiger partial charge in [-0.25, -0.2) is 0 Å². The van der Waals surface area contributed by atoms with Crippen LogP contribution >= 0.6 is 0 Å². The standard InChI is InChI=1S/C20H22O7/c1-17(16(22)23-3)6-4-14-18(2)13(8-15(21)26-14)9-19(12-5-7-24-10-12)25-11-20(17,18)27-19/h4-5,7,10,13H,6,8-9,11H2,1-3H3/t13-,17-,18+,19-,20-/m0/s1. The average molecular weight is 374 g/mol. The van der Waals surface area contributed by atoms with Gasteiger partial charge in [-0.1, -0.05) is 0 Å². The van der Waals surface area contributed by atoms with Gasteiger partial charge < -0.3 is 23.4 Å². The van der Waals surface area contributed by atoms with Crippen molar-refractivity contribution in [2.45, 2.75) is 44.5 Å². The van der Waals surface area contributed by atoms with Gasteiger partial charge >= 0.3 is 11.9 Å². The number of fused-ring (bicyclic) bond motifs is 1. The number of carbonyl (C=O) groups is 2. The molecule has 4 aliphatic rings. The van der Waals surface area contributed by atoms with E-state index in [1.807, 2.05) is 19.9 Å². The molecule has 144 valence electrons. The van der Waals surface area contributed by atoms with Crippen LogP contribution in [-0.4, -0.2) is 31.3 Å². The molecule has 1 aromatic heterocycles. The Kier molecular flexibility index (Phi) is 3.17. The van der Waals surface area contributed by atoms with Crippen molar-refractivity contribution in [2.24, 2.45) is 16.7 Å². The van der Waals surface area contributed by atoms with Gasteiger partial charge in [-0.15, -0.1) is 0 Å². The first-order chi connectivity index (χ1) is 12.8. The van der Waals surface area contributed by atoms with Crippen LogP contribution in [0.1, 0.15) is 38.7 Å². The molecule has 3 aliphatic heterocycles. The highest BCUT2D eigenvalue weighted by Gasteiger charge is 2.79. The van der Waals surface area contributed by atoms with Crippen LogP contribution in [0, 0.1) is 16.7 Å². The number of esters is 2. The minimum absolute atomic E-state index is 0.0968. The van der Waals surface area contributed by atoms with E-state index in [4.69, 9.17) is 23.4 Å². The zero-order valence-corrected chi connectivity index (χ0v) is 15.6. The molecule has 1 aliphatic carbocycles. The summed E-state index contributed by atoms with van der Waals surface area (Å²) in [7, 11) is 1.38. The molecular weight excluding hydrogens is 352 g/mol. The van der Waals surface area contributed by atoms with E-state index in [0.717, 1.165) is 5.56 Å². The van der Waals surface area contributed by atoms with Gasteiger partial charge in [0.2, 0.25) is 0 Å². The number of carbonyl (C=O) groups excluding carboxylic acids is 2. The van der Waals surface area contributed by atoms with Crippen molar-refractivity contribution in [1.29, 1.82) is 0 Å². The Bertz CT molecular complexity index is 858. The number of hydrogen-bond donors (Lipinski definition) is 0. The third-order valence-electron chi connectivity index (χ3n) is 7.35. The summed E-state index contributed by atoms with van der Waals surface area (Å²) in [5.41, 5.74) is -1.92. The van der Waals surface area contributed by atoms with Crippen LogP contribution in [0.2, 0.25) is 0 Å². The fraction of sp³-hybridized carbons (Fsp3) is 0.600. The van der Waals surface area contributed by atoms with Crippen LogP contribution in [0.3, 0.4) is 0 Å². The molecule has 27 heavy (non-hydrogen) atoms. The SMILES string of the molecule is COC(=O)[C@]1(C)CC=C2OC(=O)C[C@H]3C[C@]4(c5ccoc5)OC[C@@]1(O4)[C@@]23C. The van der Waals surface area contributed by atoms with Gasteiger partial charge in [0.05, 0.1) is 38.1 Å². The molecular formula is C20H22O7. The van der Waals surface area contributed by atoms with Crippen LogP contribution in [0.15, 0.2) is 34.8 Å². The van der Waals surface area contributed by atoms with E-state index in [1.165, 1.54) is 7.11 Å². The summed E-state index contributed by atoms with van der Waals surface area (Å²) in [5, 5.41) is 0. The van der Waals surface area contributed by atoms with Crippen LogP contribution in [0.4, 0.5) is 0 Å². The number of methoxy groups -OCH3 is 1. The first-order valence-corrected chi connectivity index (χ1v) is 9.18. The van der Waals surface area contributed by atoms with E-state index in [-0.39, 0.29) is 30.9 Å². The predicted molar refractivity (Wildman–Crippen MR) is 89.9 cm³/mol. The second-order valence-corrected chi connectivity index (χ2v) is 8.36. The van der Waals surface area contributed by atoms with E-state index in [1.54, 1.807) is 18.6 Å². The van der Waals surface area contributed by atoms with E-state index < -0.39 is 22.2 Å². The summed E-state index contributed by atoms with van der Waals surface area (Å²) in [6.07, 6.45) is 6.08. The first-order valence-electron chi connectivity index (χ1n) is 9.18. The lowest BCUT2D eigenvalue weighted by molar-refractivity contribution is -0.307. The predicted octanol–water partition coefficient (Wildman–Crippen LogP) is 2.66. The minimum Gasteiger partial charge on any atom is -0.472 e. The average Bonchev–Trinajstić information content (AvgIpc) is 3.29. The van der Waals surface area contributed by atoms with Crippen molar-refractivity contribution in [3.63, 3.8) is 0 Å². The van der Waals surface area contributed by atoms with Crippen LogP contribution < -0.4 is 0 Å². The summed E-state index contributed by atoms with van der Waals surface area (Å²) in [4.78, 5) is 25.2. The first kappa shape index (κ1) is 17.0. The van der Waals surface area contributed by atoms with Crippen LogP contribution in [0.5, 0.6) is 0 Å². The summed E-state index contributed by atoms with van der Waals surface area (Å²) < 4.78 is 29.1. The molecule has 5 atom stereocenters. The van der Waals surface area contributed by atoms with E-state index in [2.05, 4.69) is 0 Å². The van der Waals surface area contributed by atoms with Crippen LogP contribution in [0.25, 0.3) is 0 Å². The summed E-state index contributed by atoms with van der Waals surface area (Å²) in [6, 6.07) is 1.80. The van der Waals surface area contributed by atoms with Gasteiger partial charge in [0.15, 0.2) is 5.79 Å². The maximum atomic E-state index is 12.9. The molecule has 0 N–H and O–H groups in total. The van der Waals surface area contributed by atoms with E-state index >= 15 is 0 Å². The fourth-order valence-corrected chi connectivity index (χ4v) is 5.70. The lowest BCUT2D eigenvalue weighted by atomic mass is 9.48. The Morgan fingerprint density at radius 2 is 2.15 bits per heavy atom. The molecule has 0 radical (unpaired) electrons. The van der Waals surface area contributed by atoms with Gasteiger partial charge in [-0.3, -0.25) is 9.59 Å². The maximum Gasteiger partial charge on any atom is 0.314 e. The number of rotatable bonds is 2. The Labute approximate surface area is 156 Å². The normalized spacial score (nSPS) is 44.9. The highest BCUT2D eigenvalue weighted by atomic mass is 16.8. The smallest absolute Gasteiger partial charge is 0.314 e. The number of furan rings is 1. The molecule has 4 heterocycles. The van der Waals surface area contributed by atoms with Crippen molar-refractivity contribution < 1.29 is 33.0 Å². The molecule has 0 amide bonds. The molecule has 3 saturated heterocycles. The van der Waals surface area contributed by atoms with Crippen molar-refractivity contribution >= 4 is 11.9 Å². The fourth-order valence-electron chi connectivity index (χ4n) is 5.70. The lowest BCUT2D eigenvalue weighted by Gasteiger charge is -2.62. The zero-order chi connectivity index (χ0) is 19.1. The van der Waals surface area contributed by atoms with Crippen LogP contribution in [-0.2, 0) is 34.3 Å². The second-order valence-electron chi connectivity index (χ2n) is 8.36. The van der Waals surface area contributed by atoms with E-state index in [9.17, 15) is 9.59 Å². The molecule has 1 spiro atoms. The van der Waals surface area contributed by atoms with Gasteiger partial charge in [-0.2, -0.15) is 0 Å². The van der Waals surface area contributed by atoms with Crippen molar-refractivity contribution in [2.75, 3.05) is 13.7 Å². The molecule has 0 saturated carbocycles. The Morgan fingerprint density at radius 3 is 2.85 bits per heavy atom. The third-order valence-corrected chi connectivity index (χ3v) is 7.35. The Balaban J connectivity index is 1.75.